The number of hydrogen-bond acceptors (Lipinski definition) is 4. The summed E-state index contributed by atoms with van der Waals surface area (Å²) in [5, 5.41) is 0. The molecule has 0 heterocycles. The third kappa shape index (κ3) is 5.40. The molecule has 0 saturated carbocycles. The van der Waals surface area contributed by atoms with E-state index in [1.807, 2.05) is 13.8 Å². The summed E-state index contributed by atoms with van der Waals surface area (Å²) in [7, 11) is -3.02. The van der Waals surface area contributed by atoms with Crippen LogP contribution in [0.3, 0.4) is 0 Å². The molecule has 0 radical (unpaired) electrons. The van der Waals surface area contributed by atoms with Crippen LogP contribution in [0.1, 0.15) is 20.3 Å². The minimum atomic E-state index is -3.02. The van der Waals surface area contributed by atoms with Crippen molar-refractivity contribution in [1.29, 1.82) is 0 Å². The van der Waals surface area contributed by atoms with E-state index in [-0.39, 0.29) is 24.0 Å². The van der Waals surface area contributed by atoms with E-state index in [2.05, 4.69) is 0 Å². The molecule has 18 heavy (non-hydrogen) atoms. The minimum absolute atomic E-state index is 0.0573. The predicted octanol–water partition coefficient (Wildman–Crippen LogP) is 2.11. The van der Waals surface area contributed by atoms with Gasteiger partial charge in [0.1, 0.15) is 12.4 Å². The zero-order valence-corrected chi connectivity index (χ0v) is 11.7. The van der Waals surface area contributed by atoms with Crippen LogP contribution in [0.25, 0.3) is 0 Å². The Morgan fingerprint density at radius 1 is 1.28 bits per heavy atom. The Morgan fingerprint density at radius 2 is 1.89 bits per heavy atom. The summed E-state index contributed by atoms with van der Waals surface area (Å²) >= 11 is 0. The van der Waals surface area contributed by atoms with E-state index in [9.17, 15) is 8.42 Å². The van der Waals surface area contributed by atoms with Crippen LogP contribution in [-0.2, 0) is 9.84 Å². The highest BCUT2D eigenvalue weighted by Crippen LogP contribution is 2.13. The van der Waals surface area contributed by atoms with Crippen LogP contribution in [0.2, 0.25) is 0 Å². The smallest absolute Gasteiger partial charge is 0.153 e. The summed E-state index contributed by atoms with van der Waals surface area (Å²) in [6, 6.07) is 6.92. The summed E-state index contributed by atoms with van der Waals surface area (Å²) in [4.78, 5) is 0. The normalized spacial score (nSPS) is 13.2. The van der Waals surface area contributed by atoms with Gasteiger partial charge in [0, 0.05) is 5.69 Å². The minimum Gasteiger partial charge on any atom is -0.493 e. The average molecular weight is 271 g/mol. The lowest BCUT2D eigenvalue weighted by molar-refractivity contribution is 0.340. The van der Waals surface area contributed by atoms with Gasteiger partial charge in [0.15, 0.2) is 9.84 Å². The van der Waals surface area contributed by atoms with E-state index in [0.29, 0.717) is 11.4 Å². The van der Waals surface area contributed by atoms with Gasteiger partial charge in [0.25, 0.3) is 0 Å². The van der Waals surface area contributed by atoms with E-state index in [4.69, 9.17) is 10.5 Å². The molecule has 0 aromatic heterocycles. The van der Waals surface area contributed by atoms with Gasteiger partial charge >= 0.3 is 0 Å². The molecule has 0 aliphatic carbocycles. The Balaban J connectivity index is 2.39. The van der Waals surface area contributed by atoms with Crippen molar-refractivity contribution in [3.8, 4) is 5.75 Å². The molecule has 1 rings (SSSR count). The van der Waals surface area contributed by atoms with E-state index in [1.165, 1.54) is 0 Å². The summed E-state index contributed by atoms with van der Waals surface area (Å²) < 4.78 is 28.9. The molecular formula is C13H21NO3S. The van der Waals surface area contributed by atoms with Crippen molar-refractivity contribution in [3.05, 3.63) is 24.3 Å². The summed E-state index contributed by atoms with van der Waals surface area (Å²) in [6.45, 7) is 4.12. The second-order valence-electron chi connectivity index (χ2n) is 4.55. The Kier molecular flexibility index (Phi) is 5.47. The lowest BCUT2D eigenvalue weighted by atomic mass is 10.2. The molecule has 0 bridgehead atoms. The molecule has 1 unspecified atom stereocenters. The van der Waals surface area contributed by atoms with Gasteiger partial charge in [-0.1, -0.05) is 20.3 Å². The van der Waals surface area contributed by atoms with Crippen molar-refractivity contribution in [2.24, 2.45) is 5.92 Å². The number of nitrogens with two attached hydrogens (primary N) is 1. The second-order valence-corrected chi connectivity index (χ2v) is 6.77. The first kappa shape index (κ1) is 14.8. The van der Waals surface area contributed by atoms with Gasteiger partial charge in [-0.05, 0) is 30.2 Å². The first-order valence-electron chi connectivity index (χ1n) is 6.11. The molecule has 0 amide bonds. The van der Waals surface area contributed by atoms with Gasteiger partial charge in [-0.2, -0.15) is 0 Å². The Morgan fingerprint density at radius 3 is 2.44 bits per heavy atom. The fourth-order valence-electron chi connectivity index (χ4n) is 1.49. The quantitative estimate of drug-likeness (QED) is 0.771. The van der Waals surface area contributed by atoms with Crippen molar-refractivity contribution in [3.63, 3.8) is 0 Å². The summed E-state index contributed by atoms with van der Waals surface area (Å²) in [5.74, 6) is 1.13. The second kappa shape index (κ2) is 6.64. The SMILES string of the molecule is CCC(C)CS(=O)(=O)CCOc1ccc(N)cc1. The first-order chi connectivity index (χ1) is 8.43. The fourth-order valence-corrected chi connectivity index (χ4v) is 3.09. The largest absolute Gasteiger partial charge is 0.493 e. The van der Waals surface area contributed by atoms with Crippen molar-refractivity contribution >= 4 is 15.5 Å². The van der Waals surface area contributed by atoms with Gasteiger partial charge < -0.3 is 10.5 Å². The van der Waals surface area contributed by atoms with Crippen LogP contribution in [-0.4, -0.2) is 26.5 Å². The number of hydrogen-bond donors (Lipinski definition) is 1. The maximum absolute atomic E-state index is 11.7. The number of sulfone groups is 1. The van der Waals surface area contributed by atoms with Crippen LogP contribution >= 0.6 is 0 Å². The first-order valence-corrected chi connectivity index (χ1v) is 7.94. The Hall–Kier alpha value is -1.23. The third-order valence-corrected chi connectivity index (χ3v) is 4.64. The molecule has 0 fully saturated rings. The van der Waals surface area contributed by atoms with Gasteiger partial charge in [0.05, 0.1) is 11.5 Å². The van der Waals surface area contributed by atoms with Gasteiger partial charge in [-0.25, -0.2) is 8.42 Å². The third-order valence-electron chi connectivity index (χ3n) is 2.78. The highest BCUT2D eigenvalue weighted by molar-refractivity contribution is 7.91. The maximum Gasteiger partial charge on any atom is 0.153 e. The van der Waals surface area contributed by atoms with Gasteiger partial charge in [-0.15, -0.1) is 0 Å². The Labute approximate surface area is 109 Å². The number of ether oxygens (including phenoxy) is 1. The van der Waals surface area contributed by atoms with E-state index < -0.39 is 9.84 Å². The zero-order valence-electron chi connectivity index (χ0n) is 10.9. The van der Waals surface area contributed by atoms with Crippen LogP contribution in [0, 0.1) is 5.92 Å². The molecule has 4 nitrogen and oxygen atoms in total. The van der Waals surface area contributed by atoms with Crippen LogP contribution in [0.4, 0.5) is 5.69 Å². The molecule has 1 aromatic rings. The average Bonchev–Trinajstić information content (AvgIpc) is 2.31. The molecule has 2 N–H and O–H groups in total. The molecule has 5 heteroatoms. The van der Waals surface area contributed by atoms with Gasteiger partial charge in [-0.3, -0.25) is 0 Å². The fraction of sp³-hybridized carbons (Fsp3) is 0.538. The monoisotopic (exact) mass is 271 g/mol. The van der Waals surface area contributed by atoms with E-state index in [1.54, 1.807) is 24.3 Å². The van der Waals surface area contributed by atoms with Crippen molar-refractivity contribution in [1.82, 2.24) is 0 Å². The number of anilines is 1. The lowest BCUT2D eigenvalue weighted by Crippen LogP contribution is -2.20. The summed E-state index contributed by atoms with van der Waals surface area (Å²) in [5.41, 5.74) is 6.20. The van der Waals surface area contributed by atoms with Crippen molar-refractivity contribution in [2.75, 3.05) is 23.8 Å². The van der Waals surface area contributed by atoms with E-state index in [0.717, 1.165) is 6.42 Å². The zero-order chi connectivity index (χ0) is 13.6. The molecular weight excluding hydrogens is 250 g/mol. The molecule has 0 spiro atoms. The van der Waals surface area contributed by atoms with Crippen LogP contribution < -0.4 is 10.5 Å². The molecule has 102 valence electrons. The highest BCUT2D eigenvalue weighted by Gasteiger charge is 2.14. The van der Waals surface area contributed by atoms with Gasteiger partial charge in [0.2, 0.25) is 0 Å². The number of rotatable bonds is 7. The van der Waals surface area contributed by atoms with Crippen LogP contribution in [0.15, 0.2) is 24.3 Å². The molecule has 0 saturated heterocycles. The number of benzene rings is 1. The standard InChI is InChI=1S/C13H21NO3S/c1-3-11(2)10-18(15,16)9-8-17-13-6-4-12(14)5-7-13/h4-7,11H,3,8-10,14H2,1-2H3. The summed E-state index contributed by atoms with van der Waals surface area (Å²) in [6.07, 6.45) is 0.873. The lowest BCUT2D eigenvalue weighted by Gasteiger charge is -2.10. The van der Waals surface area contributed by atoms with Crippen LogP contribution in [0.5, 0.6) is 5.75 Å². The van der Waals surface area contributed by atoms with E-state index >= 15 is 0 Å². The molecule has 1 atom stereocenters. The molecule has 0 aliphatic heterocycles. The molecule has 0 aliphatic rings. The maximum atomic E-state index is 11.7. The topological polar surface area (TPSA) is 69.4 Å². The Bertz CT molecular complexity index is 454. The highest BCUT2D eigenvalue weighted by atomic mass is 32.2. The van der Waals surface area contributed by atoms with Crippen molar-refractivity contribution in [2.45, 2.75) is 20.3 Å². The van der Waals surface area contributed by atoms with Crippen molar-refractivity contribution < 1.29 is 13.2 Å². The predicted molar refractivity (Wildman–Crippen MR) is 74.5 cm³/mol. The number of nitrogen functional groups attached to an aromatic ring is 1. The molecule has 1 aromatic carbocycles.